The van der Waals surface area contributed by atoms with Crippen molar-refractivity contribution in [3.05, 3.63) is 66.1 Å². The molecule has 1 aliphatic rings. The fourth-order valence-electron chi connectivity index (χ4n) is 4.61. The Morgan fingerprint density at radius 2 is 1.84 bits per heavy atom. The molecule has 8 nitrogen and oxygen atoms in total. The van der Waals surface area contributed by atoms with Gasteiger partial charge in [0.2, 0.25) is 5.91 Å². The lowest BCUT2D eigenvalue weighted by Crippen LogP contribution is -2.52. The summed E-state index contributed by atoms with van der Waals surface area (Å²) in [5.74, 6) is -0.754. The number of benzene rings is 2. The number of halogens is 3. The fourth-order valence-corrected chi connectivity index (χ4v) is 4.61. The standard InChI is InChI=1S/C27H29F3N4O4/c1-16-13-34(25(35)11-18-4-7-20(8-5-18)38-27(28,29)30)17(2)10-24(16)37-23-9-6-19(12-21(23)26(31)36)22-14-33(3)15-32-22/h4-9,12,14-17,24H,10-11,13H2,1-3H3,(H2,31,36)/t16-,17+,24+/m0/s1. The molecule has 4 rings (SSSR count). The number of rotatable bonds is 7. The highest BCUT2D eigenvalue weighted by Crippen LogP contribution is 2.31. The lowest BCUT2D eigenvalue weighted by molar-refractivity contribution is -0.274. The number of aromatic nitrogens is 2. The van der Waals surface area contributed by atoms with Gasteiger partial charge in [0.1, 0.15) is 17.6 Å². The molecular weight excluding hydrogens is 501 g/mol. The summed E-state index contributed by atoms with van der Waals surface area (Å²) >= 11 is 0. The number of hydrogen-bond donors (Lipinski definition) is 1. The molecule has 1 aromatic heterocycles. The van der Waals surface area contributed by atoms with Gasteiger partial charge in [0.25, 0.3) is 5.91 Å². The summed E-state index contributed by atoms with van der Waals surface area (Å²) in [6.07, 6.45) is -0.941. The third-order valence-corrected chi connectivity index (χ3v) is 6.58. The van der Waals surface area contributed by atoms with Gasteiger partial charge in [-0.2, -0.15) is 0 Å². The van der Waals surface area contributed by atoms with Crippen LogP contribution in [-0.2, 0) is 18.3 Å². The highest BCUT2D eigenvalue weighted by Gasteiger charge is 2.35. The van der Waals surface area contributed by atoms with Crippen LogP contribution in [0.1, 0.15) is 36.2 Å². The highest BCUT2D eigenvalue weighted by atomic mass is 19.4. The summed E-state index contributed by atoms with van der Waals surface area (Å²) in [5.41, 5.74) is 7.94. The number of primary amides is 1. The molecule has 0 spiro atoms. The van der Waals surface area contributed by atoms with Gasteiger partial charge < -0.3 is 24.7 Å². The van der Waals surface area contributed by atoms with Crippen molar-refractivity contribution < 1.29 is 32.2 Å². The molecule has 2 heterocycles. The number of imidazole rings is 1. The zero-order valence-electron chi connectivity index (χ0n) is 21.2. The topological polar surface area (TPSA) is 99.7 Å². The molecule has 1 saturated heterocycles. The number of amides is 2. The van der Waals surface area contributed by atoms with Gasteiger partial charge in [0, 0.05) is 43.7 Å². The highest BCUT2D eigenvalue weighted by molar-refractivity contribution is 5.97. The monoisotopic (exact) mass is 530 g/mol. The molecule has 0 aliphatic carbocycles. The van der Waals surface area contributed by atoms with E-state index in [1.807, 2.05) is 33.2 Å². The van der Waals surface area contributed by atoms with Crippen LogP contribution in [0.15, 0.2) is 55.0 Å². The van der Waals surface area contributed by atoms with Crippen molar-refractivity contribution in [2.24, 2.45) is 18.7 Å². The van der Waals surface area contributed by atoms with E-state index in [0.717, 1.165) is 5.56 Å². The van der Waals surface area contributed by atoms with Crippen LogP contribution in [0.5, 0.6) is 11.5 Å². The van der Waals surface area contributed by atoms with Crippen molar-refractivity contribution in [1.29, 1.82) is 0 Å². The maximum atomic E-state index is 13.0. The number of hydrogen-bond acceptors (Lipinski definition) is 5. The van der Waals surface area contributed by atoms with Crippen molar-refractivity contribution in [1.82, 2.24) is 14.5 Å². The molecule has 1 aliphatic heterocycles. The second kappa shape index (κ2) is 10.8. The summed E-state index contributed by atoms with van der Waals surface area (Å²) in [6.45, 7) is 4.31. The van der Waals surface area contributed by atoms with Crippen LogP contribution < -0.4 is 15.2 Å². The Morgan fingerprint density at radius 1 is 1.13 bits per heavy atom. The molecule has 1 fully saturated rings. The van der Waals surface area contributed by atoms with E-state index in [4.69, 9.17) is 10.5 Å². The zero-order valence-corrected chi connectivity index (χ0v) is 21.2. The first-order valence-electron chi connectivity index (χ1n) is 12.1. The second-order valence-corrected chi connectivity index (χ2v) is 9.63. The average Bonchev–Trinajstić information content (AvgIpc) is 3.27. The Kier molecular flexibility index (Phi) is 7.66. The van der Waals surface area contributed by atoms with E-state index in [-0.39, 0.29) is 41.7 Å². The number of alkyl halides is 3. The summed E-state index contributed by atoms with van der Waals surface area (Å²) in [5, 5.41) is 0. The number of carbonyl (C=O) groups excluding carboxylic acids is 2. The van der Waals surface area contributed by atoms with E-state index in [9.17, 15) is 22.8 Å². The summed E-state index contributed by atoms with van der Waals surface area (Å²) in [7, 11) is 1.85. The number of nitrogens with zero attached hydrogens (tertiary/aromatic N) is 3. The number of nitrogens with two attached hydrogens (primary N) is 1. The fraction of sp³-hybridized carbons (Fsp3) is 0.370. The van der Waals surface area contributed by atoms with Crippen LogP contribution in [0.4, 0.5) is 13.2 Å². The van der Waals surface area contributed by atoms with Crippen LogP contribution in [0.2, 0.25) is 0 Å². The van der Waals surface area contributed by atoms with Gasteiger partial charge in [0.15, 0.2) is 0 Å². The third kappa shape index (κ3) is 6.45. The minimum atomic E-state index is -4.77. The molecule has 2 N–H and O–H groups in total. The average molecular weight is 531 g/mol. The van der Waals surface area contributed by atoms with E-state index >= 15 is 0 Å². The Balaban J connectivity index is 1.41. The van der Waals surface area contributed by atoms with Gasteiger partial charge in [-0.25, -0.2) is 4.98 Å². The minimum absolute atomic E-state index is 0.0473. The van der Waals surface area contributed by atoms with Gasteiger partial charge in [-0.15, -0.1) is 13.2 Å². The van der Waals surface area contributed by atoms with Crippen molar-refractivity contribution in [3.8, 4) is 22.8 Å². The van der Waals surface area contributed by atoms with Crippen LogP contribution in [0, 0.1) is 5.92 Å². The molecule has 0 radical (unpaired) electrons. The van der Waals surface area contributed by atoms with Gasteiger partial charge in [-0.3, -0.25) is 9.59 Å². The third-order valence-electron chi connectivity index (χ3n) is 6.58. The molecule has 3 aromatic rings. The molecule has 0 unspecified atom stereocenters. The first kappa shape index (κ1) is 27.0. The van der Waals surface area contributed by atoms with Crippen LogP contribution in [0.3, 0.4) is 0 Å². The minimum Gasteiger partial charge on any atom is -0.489 e. The SMILES string of the molecule is C[C@@H]1C[C@@H](Oc2ccc(-c3cn(C)cn3)cc2C(N)=O)[C@@H](C)CN1C(=O)Cc1ccc(OC(F)(F)F)cc1. The molecule has 0 bridgehead atoms. The normalized spacial score (nSPS) is 19.7. The first-order chi connectivity index (χ1) is 17.9. The lowest BCUT2D eigenvalue weighted by Gasteiger charge is -2.41. The maximum absolute atomic E-state index is 13.0. The van der Waals surface area contributed by atoms with Crippen molar-refractivity contribution in [3.63, 3.8) is 0 Å². The molecule has 11 heteroatoms. The number of likely N-dealkylation sites (tertiary alicyclic amines) is 1. The molecule has 0 saturated carbocycles. The molecular formula is C27H29F3N4O4. The van der Waals surface area contributed by atoms with Crippen LogP contribution in [-0.4, -0.2) is 51.3 Å². The molecule has 2 aromatic carbocycles. The predicted octanol–water partition coefficient (Wildman–Crippen LogP) is 4.33. The van der Waals surface area contributed by atoms with E-state index in [0.29, 0.717) is 30.0 Å². The predicted molar refractivity (Wildman–Crippen MR) is 133 cm³/mol. The maximum Gasteiger partial charge on any atom is 0.573 e. The van der Waals surface area contributed by atoms with Crippen LogP contribution in [0.25, 0.3) is 11.3 Å². The van der Waals surface area contributed by atoms with Gasteiger partial charge in [0.05, 0.1) is 24.0 Å². The summed E-state index contributed by atoms with van der Waals surface area (Å²) in [6, 6.07) is 10.3. The quantitative estimate of drug-likeness (QED) is 0.490. The van der Waals surface area contributed by atoms with Crippen molar-refractivity contribution in [2.75, 3.05) is 6.54 Å². The van der Waals surface area contributed by atoms with Crippen molar-refractivity contribution in [2.45, 2.75) is 45.2 Å². The Hall–Kier alpha value is -4.02. The molecule has 3 atom stereocenters. The number of piperidine rings is 1. The zero-order chi connectivity index (χ0) is 27.6. The second-order valence-electron chi connectivity index (χ2n) is 9.63. The van der Waals surface area contributed by atoms with Gasteiger partial charge in [-0.05, 0) is 42.8 Å². The van der Waals surface area contributed by atoms with Gasteiger partial charge >= 0.3 is 6.36 Å². The lowest BCUT2D eigenvalue weighted by atomic mass is 9.91. The Labute approximate surface area is 218 Å². The Morgan fingerprint density at radius 3 is 2.45 bits per heavy atom. The van der Waals surface area contributed by atoms with E-state index in [1.165, 1.54) is 24.3 Å². The number of aryl methyl sites for hydroxylation is 1. The van der Waals surface area contributed by atoms with Crippen molar-refractivity contribution >= 4 is 11.8 Å². The number of ether oxygens (including phenoxy) is 2. The van der Waals surface area contributed by atoms with Gasteiger partial charge in [-0.1, -0.05) is 19.1 Å². The van der Waals surface area contributed by atoms with E-state index in [1.54, 1.807) is 27.9 Å². The largest absolute Gasteiger partial charge is 0.573 e. The van der Waals surface area contributed by atoms with Crippen LogP contribution >= 0.6 is 0 Å². The summed E-state index contributed by atoms with van der Waals surface area (Å²) < 4.78 is 49.1. The molecule has 38 heavy (non-hydrogen) atoms. The smallest absolute Gasteiger partial charge is 0.489 e. The molecule has 202 valence electrons. The summed E-state index contributed by atoms with van der Waals surface area (Å²) in [4.78, 5) is 31.3. The first-order valence-corrected chi connectivity index (χ1v) is 12.1. The van der Waals surface area contributed by atoms with E-state index in [2.05, 4.69) is 9.72 Å². The number of carbonyl (C=O) groups is 2. The van der Waals surface area contributed by atoms with E-state index < -0.39 is 12.3 Å². The molecule has 2 amide bonds. The Bertz CT molecular complexity index is 1310.